The Hall–Kier alpha value is -0.900. The van der Waals surface area contributed by atoms with Crippen LogP contribution in [0, 0.1) is 11.7 Å². The predicted octanol–water partition coefficient (Wildman–Crippen LogP) is 4.37. The van der Waals surface area contributed by atoms with Crippen LogP contribution in [0.25, 0.3) is 11.0 Å². The molecule has 1 aliphatic rings. The Balaban J connectivity index is 2.07. The minimum atomic E-state index is -0.243. The fourth-order valence-corrected chi connectivity index (χ4v) is 3.08. The van der Waals surface area contributed by atoms with Gasteiger partial charge in [-0.1, -0.05) is 13.3 Å². The predicted molar refractivity (Wildman–Crippen MR) is 69.5 cm³/mol. The first kappa shape index (κ1) is 11.2. The van der Waals surface area contributed by atoms with Gasteiger partial charge in [-0.05, 0) is 40.8 Å². The topological polar surface area (TPSA) is 28.7 Å². The first-order chi connectivity index (χ1) is 8.15. The number of imidazole rings is 1. The van der Waals surface area contributed by atoms with Crippen molar-refractivity contribution in [1.82, 2.24) is 9.97 Å². The number of rotatable bonds is 1. The highest BCUT2D eigenvalue weighted by atomic mass is 79.9. The van der Waals surface area contributed by atoms with Crippen molar-refractivity contribution in [3.05, 3.63) is 28.2 Å². The van der Waals surface area contributed by atoms with E-state index in [1.165, 1.54) is 25.3 Å². The summed E-state index contributed by atoms with van der Waals surface area (Å²) in [6.45, 7) is 2.27. The molecule has 1 aromatic heterocycles. The molecule has 4 heteroatoms. The van der Waals surface area contributed by atoms with Crippen LogP contribution in [-0.4, -0.2) is 9.97 Å². The Morgan fingerprint density at radius 1 is 1.41 bits per heavy atom. The van der Waals surface area contributed by atoms with Crippen molar-refractivity contribution < 1.29 is 4.39 Å². The van der Waals surface area contributed by atoms with E-state index in [1.807, 2.05) is 0 Å². The Kier molecular flexibility index (Phi) is 2.69. The van der Waals surface area contributed by atoms with Gasteiger partial charge in [-0.15, -0.1) is 0 Å². The van der Waals surface area contributed by atoms with Crippen molar-refractivity contribution in [3.8, 4) is 0 Å². The molecular weight excluding hydrogens is 283 g/mol. The maximum Gasteiger partial charge on any atom is 0.139 e. The molecule has 17 heavy (non-hydrogen) atoms. The summed E-state index contributed by atoms with van der Waals surface area (Å²) in [5.41, 5.74) is 1.63. The second kappa shape index (κ2) is 4.09. The zero-order valence-electron chi connectivity index (χ0n) is 9.63. The second-order valence-corrected chi connectivity index (χ2v) is 5.77. The van der Waals surface area contributed by atoms with Crippen LogP contribution >= 0.6 is 15.9 Å². The van der Waals surface area contributed by atoms with E-state index in [9.17, 15) is 4.39 Å². The van der Waals surface area contributed by atoms with Crippen LogP contribution in [-0.2, 0) is 0 Å². The summed E-state index contributed by atoms with van der Waals surface area (Å²) in [5.74, 6) is 1.95. The van der Waals surface area contributed by atoms with Gasteiger partial charge in [-0.2, -0.15) is 0 Å². The lowest BCUT2D eigenvalue weighted by Crippen LogP contribution is -2.03. The molecule has 1 saturated carbocycles. The summed E-state index contributed by atoms with van der Waals surface area (Å²) in [4.78, 5) is 7.86. The number of aromatic amines is 1. The Labute approximate surface area is 108 Å². The molecule has 2 unspecified atom stereocenters. The number of H-pyrrole nitrogens is 1. The van der Waals surface area contributed by atoms with Gasteiger partial charge >= 0.3 is 0 Å². The van der Waals surface area contributed by atoms with E-state index in [0.717, 1.165) is 16.9 Å². The summed E-state index contributed by atoms with van der Waals surface area (Å²) >= 11 is 3.19. The number of nitrogens with one attached hydrogen (secondary N) is 1. The number of nitrogens with zero attached hydrogens (tertiary/aromatic N) is 1. The Bertz CT molecular complexity index is 525. The first-order valence-corrected chi connectivity index (χ1v) is 6.79. The van der Waals surface area contributed by atoms with Gasteiger partial charge in [0.2, 0.25) is 0 Å². The van der Waals surface area contributed by atoms with Crippen LogP contribution < -0.4 is 0 Å². The van der Waals surface area contributed by atoms with Gasteiger partial charge in [-0.3, -0.25) is 0 Å². The van der Waals surface area contributed by atoms with Gasteiger partial charge in [-0.25, -0.2) is 9.37 Å². The molecule has 0 spiro atoms. The summed E-state index contributed by atoms with van der Waals surface area (Å²) in [6, 6.07) is 3.25. The maximum absolute atomic E-state index is 13.4. The zero-order valence-corrected chi connectivity index (χ0v) is 11.2. The maximum atomic E-state index is 13.4. The van der Waals surface area contributed by atoms with E-state index in [1.54, 1.807) is 6.07 Å². The third kappa shape index (κ3) is 1.88. The quantitative estimate of drug-likeness (QED) is 0.832. The third-order valence-corrected chi connectivity index (χ3v) is 4.36. The highest BCUT2D eigenvalue weighted by molar-refractivity contribution is 9.10. The SMILES string of the molecule is CC1CCCC1c1nc2cc(Br)c(F)cc2[nH]1. The highest BCUT2D eigenvalue weighted by Gasteiger charge is 2.27. The molecule has 0 radical (unpaired) electrons. The highest BCUT2D eigenvalue weighted by Crippen LogP contribution is 2.38. The van der Waals surface area contributed by atoms with Crippen molar-refractivity contribution >= 4 is 27.0 Å². The summed E-state index contributed by atoms with van der Waals surface area (Å²) in [7, 11) is 0. The van der Waals surface area contributed by atoms with Gasteiger partial charge in [0.15, 0.2) is 0 Å². The fraction of sp³-hybridized carbons (Fsp3) is 0.462. The minimum absolute atomic E-state index is 0.243. The molecule has 0 aliphatic heterocycles. The molecule has 1 fully saturated rings. The molecule has 1 aliphatic carbocycles. The van der Waals surface area contributed by atoms with Gasteiger partial charge in [0.05, 0.1) is 15.5 Å². The van der Waals surface area contributed by atoms with Gasteiger partial charge in [0.1, 0.15) is 11.6 Å². The standard InChI is InChI=1S/C13H14BrFN2/c1-7-3-2-4-8(7)13-16-11-5-9(14)10(15)6-12(11)17-13/h5-8H,2-4H2,1H3,(H,16,17). The molecule has 1 heterocycles. The van der Waals surface area contributed by atoms with Crippen LogP contribution in [0.2, 0.25) is 0 Å². The van der Waals surface area contributed by atoms with E-state index < -0.39 is 0 Å². The Morgan fingerprint density at radius 3 is 2.94 bits per heavy atom. The summed E-state index contributed by atoms with van der Waals surface area (Å²) in [6.07, 6.45) is 3.71. The number of hydrogen-bond acceptors (Lipinski definition) is 1. The van der Waals surface area contributed by atoms with Crippen molar-refractivity contribution in [3.63, 3.8) is 0 Å². The molecule has 0 bridgehead atoms. The average molecular weight is 297 g/mol. The number of fused-ring (bicyclic) bond motifs is 1. The number of halogens is 2. The Morgan fingerprint density at radius 2 is 2.24 bits per heavy atom. The molecule has 1 N–H and O–H groups in total. The third-order valence-electron chi connectivity index (χ3n) is 3.75. The van der Waals surface area contributed by atoms with Crippen LogP contribution in [0.15, 0.2) is 16.6 Å². The van der Waals surface area contributed by atoms with Gasteiger partial charge < -0.3 is 4.98 Å². The molecule has 3 rings (SSSR count). The molecule has 1 aromatic carbocycles. The van der Waals surface area contributed by atoms with Crippen molar-refractivity contribution in [2.75, 3.05) is 0 Å². The zero-order chi connectivity index (χ0) is 12.0. The van der Waals surface area contributed by atoms with Crippen molar-refractivity contribution in [2.24, 2.45) is 5.92 Å². The molecule has 0 amide bonds. The van der Waals surface area contributed by atoms with Crippen LogP contribution in [0.5, 0.6) is 0 Å². The monoisotopic (exact) mass is 296 g/mol. The first-order valence-electron chi connectivity index (χ1n) is 6.00. The van der Waals surface area contributed by atoms with Crippen LogP contribution in [0.4, 0.5) is 4.39 Å². The molecular formula is C13H14BrFN2. The fourth-order valence-electron chi connectivity index (χ4n) is 2.75. The average Bonchev–Trinajstić information content (AvgIpc) is 2.85. The van der Waals surface area contributed by atoms with Gasteiger partial charge in [0, 0.05) is 12.0 Å². The molecule has 90 valence electrons. The molecule has 2 atom stereocenters. The second-order valence-electron chi connectivity index (χ2n) is 4.92. The van der Waals surface area contributed by atoms with E-state index in [-0.39, 0.29) is 5.82 Å². The van der Waals surface area contributed by atoms with Crippen LogP contribution in [0.3, 0.4) is 0 Å². The lowest BCUT2D eigenvalue weighted by Gasteiger charge is -2.11. The van der Waals surface area contributed by atoms with E-state index in [0.29, 0.717) is 16.3 Å². The largest absolute Gasteiger partial charge is 0.342 e. The summed E-state index contributed by atoms with van der Waals surface area (Å²) in [5, 5.41) is 0. The normalized spacial score (nSPS) is 24.6. The minimum Gasteiger partial charge on any atom is -0.342 e. The van der Waals surface area contributed by atoms with Crippen molar-refractivity contribution in [2.45, 2.75) is 32.1 Å². The molecule has 0 saturated heterocycles. The van der Waals surface area contributed by atoms with Gasteiger partial charge in [0.25, 0.3) is 0 Å². The molecule has 2 aromatic rings. The van der Waals surface area contributed by atoms with Crippen LogP contribution in [0.1, 0.15) is 37.9 Å². The van der Waals surface area contributed by atoms with E-state index in [2.05, 4.69) is 32.8 Å². The smallest absolute Gasteiger partial charge is 0.139 e. The molecule has 2 nitrogen and oxygen atoms in total. The van der Waals surface area contributed by atoms with E-state index >= 15 is 0 Å². The lowest BCUT2D eigenvalue weighted by molar-refractivity contribution is 0.514. The van der Waals surface area contributed by atoms with Crippen molar-refractivity contribution in [1.29, 1.82) is 0 Å². The number of aromatic nitrogens is 2. The van der Waals surface area contributed by atoms with E-state index in [4.69, 9.17) is 0 Å². The summed E-state index contributed by atoms with van der Waals surface area (Å²) < 4.78 is 13.9. The number of benzene rings is 1. The number of hydrogen-bond donors (Lipinski definition) is 1. The lowest BCUT2D eigenvalue weighted by atomic mass is 9.98.